The Hall–Kier alpha value is -4.47. The number of hydrogen-bond acceptors (Lipinski definition) is 11. The van der Waals surface area contributed by atoms with E-state index in [-0.39, 0.29) is 21.0 Å². The van der Waals surface area contributed by atoms with Gasteiger partial charge in [-0.3, -0.25) is 9.78 Å². The maximum atomic E-state index is 14.1. The summed E-state index contributed by atoms with van der Waals surface area (Å²) in [6.45, 7) is 1.11. The van der Waals surface area contributed by atoms with Crippen molar-refractivity contribution in [1.29, 1.82) is 0 Å². The molecule has 1 saturated heterocycles. The summed E-state index contributed by atoms with van der Waals surface area (Å²) >= 11 is 0. The Labute approximate surface area is 251 Å². The summed E-state index contributed by atoms with van der Waals surface area (Å²) in [5, 5.41) is 41.9. The highest BCUT2D eigenvalue weighted by Crippen LogP contribution is 2.34. The first kappa shape index (κ1) is 29.6. The van der Waals surface area contributed by atoms with Gasteiger partial charge in [0.2, 0.25) is 9.84 Å². The second kappa shape index (κ2) is 11.6. The highest BCUT2D eigenvalue weighted by atomic mass is 32.2. The Morgan fingerprint density at radius 1 is 1.05 bits per heavy atom. The van der Waals surface area contributed by atoms with Crippen LogP contribution in [0, 0.1) is 0 Å². The van der Waals surface area contributed by atoms with Crippen LogP contribution in [0.1, 0.15) is 17.3 Å². The SMILES string of the molecule is COc1ccc(S(=O)(=O)c2cnc3ccc(C(=O)NC4C(C)OC(CO)C(O)C4O)cc3c2-n2nnc3ccccc32)cc1. The van der Waals surface area contributed by atoms with Gasteiger partial charge >= 0.3 is 0 Å². The molecular formula is C30H29N5O8S. The van der Waals surface area contributed by atoms with Gasteiger partial charge in [-0.1, -0.05) is 17.3 Å². The highest BCUT2D eigenvalue weighted by Gasteiger charge is 2.43. The van der Waals surface area contributed by atoms with Crippen LogP contribution in [0.15, 0.2) is 82.7 Å². The third-order valence-electron chi connectivity index (χ3n) is 7.76. The number of aliphatic hydroxyl groups is 3. The molecule has 0 aliphatic carbocycles. The number of hydrogen-bond donors (Lipinski definition) is 4. The topological polar surface area (TPSA) is 186 Å². The molecule has 228 valence electrons. The zero-order valence-electron chi connectivity index (χ0n) is 23.6. The van der Waals surface area contributed by atoms with Crippen molar-refractivity contribution in [1.82, 2.24) is 25.3 Å². The first-order valence-electron chi connectivity index (χ1n) is 13.7. The van der Waals surface area contributed by atoms with E-state index in [0.717, 1.165) is 0 Å². The highest BCUT2D eigenvalue weighted by molar-refractivity contribution is 7.91. The van der Waals surface area contributed by atoms with E-state index in [1.165, 1.54) is 42.3 Å². The van der Waals surface area contributed by atoms with Crippen LogP contribution in [-0.2, 0) is 14.6 Å². The van der Waals surface area contributed by atoms with E-state index in [1.54, 1.807) is 49.4 Å². The molecule has 5 atom stereocenters. The fourth-order valence-electron chi connectivity index (χ4n) is 5.37. The van der Waals surface area contributed by atoms with Crippen LogP contribution < -0.4 is 10.1 Å². The number of pyridine rings is 1. The Morgan fingerprint density at radius 3 is 2.52 bits per heavy atom. The zero-order chi connectivity index (χ0) is 31.2. The Bertz CT molecular complexity index is 1960. The molecule has 0 saturated carbocycles. The van der Waals surface area contributed by atoms with Gasteiger partial charge in [0.25, 0.3) is 5.91 Å². The summed E-state index contributed by atoms with van der Waals surface area (Å²) in [5.74, 6) is -0.125. The molecule has 0 radical (unpaired) electrons. The Kier molecular flexibility index (Phi) is 7.77. The van der Waals surface area contributed by atoms with Crippen LogP contribution in [-0.4, -0.2) is 93.8 Å². The minimum Gasteiger partial charge on any atom is -0.497 e. The van der Waals surface area contributed by atoms with Crippen molar-refractivity contribution >= 4 is 37.7 Å². The summed E-state index contributed by atoms with van der Waals surface area (Å²) in [5.41, 5.74) is 1.72. The van der Waals surface area contributed by atoms with Crippen LogP contribution in [0.25, 0.3) is 27.6 Å². The van der Waals surface area contributed by atoms with Gasteiger partial charge in [-0.2, -0.15) is 0 Å². The third kappa shape index (κ3) is 5.06. The van der Waals surface area contributed by atoms with Crippen molar-refractivity contribution in [3.8, 4) is 11.4 Å². The molecular weight excluding hydrogens is 590 g/mol. The number of carbonyl (C=O) groups is 1. The predicted molar refractivity (Wildman–Crippen MR) is 157 cm³/mol. The standard InChI is InChI=1S/C30H29N5O8S/c1-16-26(29(38)28(37)24(15-36)43-16)32-30(39)17-7-12-21-20(13-17)27(35-23-6-4-3-5-22(23)33-34-35)25(14-31-21)44(40,41)19-10-8-18(42-2)9-11-19/h3-14,16,24,26,28-29,36-38H,15H2,1-2H3,(H,32,39). The van der Waals surface area contributed by atoms with E-state index in [0.29, 0.717) is 27.7 Å². The largest absolute Gasteiger partial charge is 0.497 e. The van der Waals surface area contributed by atoms with Crippen LogP contribution in [0.4, 0.5) is 0 Å². The van der Waals surface area contributed by atoms with Crippen molar-refractivity contribution < 1.29 is 38.0 Å². The second-order valence-corrected chi connectivity index (χ2v) is 12.3. The predicted octanol–water partition coefficient (Wildman–Crippen LogP) is 1.41. The van der Waals surface area contributed by atoms with Gasteiger partial charge in [0.05, 0.1) is 47.5 Å². The molecule has 1 aliphatic rings. The molecule has 1 amide bonds. The summed E-state index contributed by atoms with van der Waals surface area (Å²) in [4.78, 5) is 17.7. The van der Waals surface area contributed by atoms with Crippen molar-refractivity contribution in [2.24, 2.45) is 0 Å². The minimum absolute atomic E-state index is 0.000895. The maximum absolute atomic E-state index is 14.1. The van der Waals surface area contributed by atoms with Crippen molar-refractivity contribution in [2.45, 2.75) is 47.2 Å². The van der Waals surface area contributed by atoms with E-state index < -0.39 is 52.8 Å². The zero-order valence-corrected chi connectivity index (χ0v) is 24.4. The number of ether oxygens (including phenoxy) is 2. The fourth-order valence-corrected chi connectivity index (χ4v) is 6.76. The molecule has 5 aromatic rings. The van der Waals surface area contributed by atoms with E-state index in [9.17, 15) is 28.5 Å². The molecule has 13 nitrogen and oxygen atoms in total. The third-order valence-corrected chi connectivity index (χ3v) is 9.53. The van der Waals surface area contributed by atoms with Crippen LogP contribution in [0.3, 0.4) is 0 Å². The van der Waals surface area contributed by atoms with Crippen molar-refractivity contribution in [2.75, 3.05) is 13.7 Å². The van der Waals surface area contributed by atoms with Crippen LogP contribution in [0.5, 0.6) is 5.75 Å². The first-order valence-corrected chi connectivity index (χ1v) is 15.2. The smallest absolute Gasteiger partial charge is 0.251 e. The van der Waals surface area contributed by atoms with Gasteiger partial charge in [-0.05, 0) is 61.5 Å². The van der Waals surface area contributed by atoms with E-state index in [1.807, 2.05) is 0 Å². The molecule has 3 heterocycles. The maximum Gasteiger partial charge on any atom is 0.251 e. The van der Waals surface area contributed by atoms with Crippen LogP contribution in [0.2, 0.25) is 0 Å². The lowest BCUT2D eigenvalue weighted by molar-refractivity contribution is -0.187. The number of nitrogens with zero attached hydrogens (tertiary/aromatic N) is 4. The van der Waals surface area contributed by atoms with Crippen molar-refractivity contribution in [3.05, 3.63) is 78.5 Å². The van der Waals surface area contributed by atoms with Crippen molar-refractivity contribution in [3.63, 3.8) is 0 Å². The van der Waals surface area contributed by atoms with Gasteiger partial charge in [-0.15, -0.1) is 5.10 Å². The molecule has 4 N–H and O–H groups in total. The minimum atomic E-state index is -4.17. The molecule has 14 heteroatoms. The molecule has 44 heavy (non-hydrogen) atoms. The molecule has 0 spiro atoms. The van der Waals surface area contributed by atoms with E-state index in [2.05, 4.69) is 20.6 Å². The molecule has 1 aliphatic heterocycles. The van der Waals surface area contributed by atoms with Gasteiger partial charge in [0.1, 0.15) is 34.5 Å². The average Bonchev–Trinajstić information content (AvgIpc) is 3.47. The first-order chi connectivity index (χ1) is 21.1. The normalized spacial score (nSPS) is 22.2. The number of rotatable bonds is 7. The molecule has 1 fully saturated rings. The number of para-hydroxylation sites is 1. The Balaban J connectivity index is 1.49. The van der Waals surface area contributed by atoms with Gasteiger partial charge < -0.3 is 30.1 Å². The summed E-state index contributed by atoms with van der Waals surface area (Å²) in [6.07, 6.45) is -3.29. The van der Waals surface area contributed by atoms with Gasteiger partial charge in [0, 0.05) is 17.1 Å². The summed E-state index contributed by atoms with van der Waals surface area (Å²) in [6, 6.07) is 16.6. The van der Waals surface area contributed by atoms with Gasteiger partial charge in [-0.25, -0.2) is 13.1 Å². The molecule has 5 unspecified atom stereocenters. The fraction of sp³-hybridized carbons (Fsp3) is 0.267. The lowest BCUT2D eigenvalue weighted by atomic mass is 9.93. The average molecular weight is 620 g/mol. The number of sulfone groups is 1. The van der Waals surface area contributed by atoms with E-state index in [4.69, 9.17) is 9.47 Å². The van der Waals surface area contributed by atoms with Crippen LogP contribution >= 0.6 is 0 Å². The number of fused-ring (bicyclic) bond motifs is 2. The van der Waals surface area contributed by atoms with E-state index >= 15 is 0 Å². The summed E-state index contributed by atoms with van der Waals surface area (Å²) < 4.78 is 40.3. The molecule has 3 aromatic carbocycles. The number of benzene rings is 3. The molecule has 2 aromatic heterocycles. The quantitative estimate of drug-likeness (QED) is 0.206. The molecule has 6 rings (SSSR count). The number of carbonyl (C=O) groups excluding carboxylic acids is 1. The lowest BCUT2D eigenvalue weighted by Gasteiger charge is -2.41. The number of nitrogens with one attached hydrogen (secondary N) is 1. The lowest BCUT2D eigenvalue weighted by Crippen LogP contribution is -2.63. The molecule has 0 bridgehead atoms. The van der Waals surface area contributed by atoms with Gasteiger partial charge in [0.15, 0.2) is 0 Å². The summed E-state index contributed by atoms with van der Waals surface area (Å²) in [7, 11) is -2.69. The second-order valence-electron chi connectivity index (χ2n) is 10.4. The number of methoxy groups -OCH3 is 1. The number of aromatic nitrogens is 4. The number of aliphatic hydroxyl groups excluding tert-OH is 3. The number of amides is 1. The Morgan fingerprint density at radius 2 is 1.80 bits per heavy atom. The monoisotopic (exact) mass is 619 g/mol.